The molecule has 0 aliphatic heterocycles. The summed E-state index contributed by atoms with van der Waals surface area (Å²) < 4.78 is 32.3. The molecular weight excluding hydrogens is 238 g/mol. The average Bonchev–Trinajstić information content (AvgIpc) is 2.29. The number of benzene rings is 1. The molecule has 0 saturated carbocycles. The van der Waals surface area contributed by atoms with Gasteiger partial charge in [-0.1, -0.05) is 26.0 Å². The summed E-state index contributed by atoms with van der Waals surface area (Å²) in [6, 6.07) is 2.93. The molecule has 1 unspecified atom stereocenters. The molecule has 0 radical (unpaired) electrons. The number of carbonyl (C=O) groups is 1. The molecule has 0 aromatic heterocycles. The minimum absolute atomic E-state index is 0.0616. The van der Waals surface area contributed by atoms with Crippen LogP contribution in [0, 0.1) is 24.5 Å². The van der Waals surface area contributed by atoms with Crippen LogP contribution in [0.3, 0.4) is 0 Å². The monoisotopic (exact) mass is 256 g/mol. The number of ether oxygens (including phenoxy) is 1. The first-order valence-corrected chi connectivity index (χ1v) is 6.01. The van der Waals surface area contributed by atoms with Gasteiger partial charge in [-0.3, -0.25) is 4.79 Å². The van der Waals surface area contributed by atoms with Crippen molar-refractivity contribution in [1.82, 2.24) is 0 Å². The number of hydrogen-bond acceptors (Lipinski definition) is 2. The summed E-state index contributed by atoms with van der Waals surface area (Å²) in [7, 11) is 0. The number of hydrogen-bond donors (Lipinski definition) is 0. The van der Waals surface area contributed by atoms with Crippen LogP contribution in [-0.2, 0) is 9.53 Å². The quantitative estimate of drug-likeness (QED) is 0.770. The molecule has 0 bridgehead atoms. The smallest absolute Gasteiger partial charge is 0.313 e. The van der Waals surface area contributed by atoms with E-state index in [1.807, 2.05) is 0 Å². The molecule has 1 atom stereocenters. The summed E-state index contributed by atoms with van der Waals surface area (Å²) >= 11 is 0. The van der Waals surface area contributed by atoms with Crippen molar-refractivity contribution in [2.24, 2.45) is 5.92 Å². The van der Waals surface area contributed by atoms with Gasteiger partial charge in [0.05, 0.1) is 12.5 Å². The first-order valence-electron chi connectivity index (χ1n) is 6.01. The minimum atomic E-state index is -0.957. The molecule has 0 heterocycles. The number of rotatable bonds is 4. The van der Waals surface area contributed by atoms with Crippen LogP contribution in [0.2, 0.25) is 0 Å². The van der Waals surface area contributed by atoms with Crippen LogP contribution in [0.5, 0.6) is 0 Å². The van der Waals surface area contributed by atoms with Gasteiger partial charge in [0.1, 0.15) is 0 Å². The van der Waals surface area contributed by atoms with Gasteiger partial charge >= 0.3 is 5.97 Å². The first kappa shape index (κ1) is 14.6. The zero-order valence-electron chi connectivity index (χ0n) is 11.1. The van der Waals surface area contributed by atoms with Gasteiger partial charge in [-0.25, -0.2) is 8.78 Å². The van der Waals surface area contributed by atoms with E-state index in [9.17, 15) is 13.6 Å². The van der Waals surface area contributed by atoms with Gasteiger partial charge in [-0.2, -0.15) is 0 Å². The number of aryl methyl sites for hydroxylation is 1. The molecule has 2 nitrogen and oxygen atoms in total. The van der Waals surface area contributed by atoms with E-state index < -0.39 is 23.5 Å². The van der Waals surface area contributed by atoms with Crippen LogP contribution >= 0.6 is 0 Å². The molecule has 1 aromatic rings. The molecular formula is C14H18F2O2. The zero-order valence-corrected chi connectivity index (χ0v) is 11.1. The number of esters is 1. The molecule has 1 rings (SSSR count). The van der Waals surface area contributed by atoms with Gasteiger partial charge < -0.3 is 4.74 Å². The fourth-order valence-electron chi connectivity index (χ4n) is 1.89. The Bertz CT molecular complexity index is 442. The van der Waals surface area contributed by atoms with Crippen molar-refractivity contribution in [1.29, 1.82) is 0 Å². The lowest BCUT2D eigenvalue weighted by Gasteiger charge is -2.20. The van der Waals surface area contributed by atoms with Gasteiger partial charge in [-0.15, -0.1) is 0 Å². The van der Waals surface area contributed by atoms with Crippen molar-refractivity contribution >= 4 is 5.97 Å². The van der Waals surface area contributed by atoms with E-state index in [1.54, 1.807) is 20.8 Å². The predicted molar refractivity (Wildman–Crippen MR) is 65.3 cm³/mol. The Kier molecular flexibility index (Phi) is 4.82. The Balaban J connectivity index is 3.23. The maximum Gasteiger partial charge on any atom is 0.313 e. The molecule has 100 valence electrons. The van der Waals surface area contributed by atoms with Crippen LogP contribution in [0.15, 0.2) is 12.1 Å². The highest BCUT2D eigenvalue weighted by Crippen LogP contribution is 2.30. The van der Waals surface area contributed by atoms with E-state index >= 15 is 0 Å². The normalized spacial score (nSPS) is 12.6. The number of halogens is 2. The summed E-state index contributed by atoms with van der Waals surface area (Å²) in [5.74, 6) is -3.32. The highest BCUT2D eigenvalue weighted by Gasteiger charge is 2.29. The third kappa shape index (κ3) is 2.86. The zero-order chi connectivity index (χ0) is 13.9. The summed E-state index contributed by atoms with van der Waals surface area (Å²) in [5, 5.41) is 0. The molecule has 1 aromatic carbocycles. The van der Waals surface area contributed by atoms with Crippen molar-refractivity contribution in [2.45, 2.75) is 33.6 Å². The number of carbonyl (C=O) groups excluding carboxylic acids is 1. The van der Waals surface area contributed by atoms with E-state index in [4.69, 9.17) is 4.74 Å². The molecule has 0 spiro atoms. The standard InChI is InChI=1S/C14H18F2O2/c1-5-18-14(17)11(8(2)3)10-7-6-9(4)12(15)13(10)16/h6-8,11H,5H2,1-4H3. The molecule has 18 heavy (non-hydrogen) atoms. The second-order valence-electron chi connectivity index (χ2n) is 4.57. The summed E-state index contributed by atoms with van der Waals surface area (Å²) in [6.07, 6.45) is 0. The fraction of sp³-hybridized carbons (Fsp3) is 0.500. The third-order valence-electron chi connectivity index (χ3n) is 2.85. The van der Waals surface area contributed by atoms with E-state index in [0.717, 1.165) is 0 Å². The molecule has 0 saturated heterocycles. The van der Waals surface area contributed by atoms with E-state index in [0.29, 0.717) is 0 Å². The third-order valence-corrected chi connectivity index (χ3v) is 2.85. The van der Waals surface area contributed by atoms with Gasteiger partial charge in [0.25, 0.3) is 0 Å². The van der Waals surface area contributed by atoms with Crippen molar-refractivity contribution in [3.8, 4) is 0 Å². The van der Waals surface area contributed by atoms with Crippen molar-refractivity contribution in [3.63, 3.8) is 0 Å². The largest absolute Gasteiger partial charge is 0.466 e. The van der Waals surface area contributed by atoms with Crippen LogP contribution in [0.25, 0.3) is 0 Å². The molecule has 0 amide bonds. The summed E-state index contributed by atoms with van der Waals surface area (Å²) in [5.41, 5.74) is 0.286. The topological polar surface area (TPSA) is 26.3 Å². The second kappa shape index (κ2) is 5.94. The van der Waals surface area contributed by atoms with E-state index in [-0.39, 0.29) is 23.7 Å². The SMILES string of the molecule is CCOC(=O)C(c1ccc(C)c(F)c1F)C(C)C. The average molecular weight is 256 g/mol. The van der Waals surface area contributed by atoms with Crippen LogP contribution in [-0.4, -0.2) is 12.6 Å². The second-order valence-corrected chi connectivity index (χ2v) is 4.57. The fourth-order valence-corrected chi connectivity index (χ4v) is 1.89. The van der Waals surface area contributed by atoms with Crippen molar-refractivity contribution in [2.75, 3.05) is 6.61 Å². The Hall–Kier alpha value is -1.45. The molecule has 0 aliphatic rings. The van der Waals surface area contributed by atoms with Gasteiger partial charge in [0, 0.05) is 5.56 Å². The Morgan fingerprint density at radius 1 is 1.28 bits per heavy atom. The van der Waals surface area contributed by atoms with Crippen LogP contribution in [0.4, 0.5) is 8.78 Å². The lowest BCUT2D eigenvalue weighted by molar-refractivity contribution is -0.146. The van der Waals surface area contributed by atoms with Crippen molar-refractivity contribution in [3.05, 3.63) is 34.9 Å². The minimum Gasteiger partial charge on any atom is -0.466 e. The van der Waals surface area contributed by atoms with Crippen LogP contribution in [0.1, 0.15) is 37.8 Å². The highest BCUT2D eigenvalue weighted by molar-refractivity contribution is 5.78. The molecule has 0 aliphatic carbocycles. The Morgan fingerprint density at radius 2 is 1.89 bits per heavy atom. The van der Waals surface area contributed by atoms with E-state index in [1.165, 1.54) is 19.1 Å². The van der Waals surface area contributed by atoms with E-state index in [2.05, 4.69) is 0 Å². The summed E-state index contributed by atoms with van der Waals surface area (Å²) in [6.45, 7) is 6.94. The lowest BCUT2D eigenvalue weighted by Crippen LogP contribution is -2.22. The molecule has 0 N–H and O–H groups in total. The van der Waals surface area contributed by atoms with Gasteiger partial charge in [-0.05, 0) is 25.3 Å². The Morgan fingerprint density at radius 3 is 2.39 bits per heavy atom. The molecule has 4 heteroatoms. The summed E-state index contributed by atoms with van der Waals surface area (Å²) in [4.78, 5) is 11.8. The molecule has 0 fully saturated rings. The predicted octanol–water partition coefficient (Wildman–Crippen LogP) is 3.58. The maximum absolute atomic E-state index is 13.9. The highest BCUT2D eigenvalue weighted by atomic mass is 19.2. The van der Waals surface area contributed by atoms with Crippen molar-refractivity contribution < 1.29 is 18.3 Å². The van der Waals surface area contributed by atoms with Crippen LogP contribution < -0.4 is 0 Å². The maximum atomic E-state index is 13.9. The first-order chi connectivity index (χ1) is 8.40. The lowest BCUT2D eigenvalue weighted by atomic mass is 9.87. The van der Waals surface area contributed by atoms with Gasteiger partial charge in [0.15, 0.2) is 11.6 Å². The van der Waals surface area contributed by atoms with Gasteiger partial charge in [0.2, 0.25) is 0 Å². The Labute approximate surface area is 106 Å².